The fraction of sp³-hybridized carbons (Fsp3) is 0.250. The van der Waals surface area contributed by atoms with Crippen molar-refractivity contribution in [2.45, 2.75) is 0 Å². The first-order valence-electron chi connectivity index (χ1n) is 2.46. The molecule has 54 valence electrons. The summed E-state index contributed by atoms with van der Waals surface area (Å²) in [7, 11) is -3.54. The van der Waals surface area contributed by atoms with Crippen molar-refractivity contribution in [3.8, 4) is 6.07 Å². The van der Waals surface area contributed by atoms with E-state index in [4.69, 9.17) is 11.0 Å². The smallest absolute Gasteiger partial charge is 0.252 e. The van der Waals surface area contributed by atoms with Gasteiger partial charge in [0.2, 0.25) is 0 Å². The first kappa shape index (κ1) is 7.05. The summed E-state index contributed by atoms with van der Waals surface area (Å²) < 4.78 is 23.6. The molecule has 0 fully saturated rings. The minimum absolute atomic E-state index is 0.0469. The second kappa shape index (κ2) is 1.97. The van der Waals surface area contributed by atoms with Crippen molar-refractivity contribution in [1.29, 1.82) is 5.26 Å². The number of nitriles is 1. The van der Waals surface area contributed by atoms with E-state index in [0.717, 1.165) is 0 Å². The Morgan fingerprint density at radius 2 is 2.30 bits per heavy atom. The molecule has 0 amide bonds. The van der Waals surface area contributed by atoms with Crippen LogP contribution in [-0.2, 0) is 10.0 Å². The van der Waals surface area contributed by atoms with Gasteiger partial charge in [-0.15, -0.1) is 0 Å². The summed E-state index contributed by atoms with van der Waals surface area (Å²) in [5.41, 5.74) is 5.27. The number of nitrogens with one attached hydrogen (secondary N) is 1. The Bertz CT molecular complexity index is 321. The van der Waals surface area contributed by atoms with Crippen LogP contribution in [0.15, 0.2) is 10.6 Å². The van der Waals surface area contributed by atoms with Crippen LogP contribution >= 0.6 is 0 Å². The van der Waals surface area contributed by atoms with Gasteiger partial charge in [0.25, 0.3) is 10.0 Å². The van der Waals surface area contributed by atoms with Gasteiger partial charge in [-0.25, -0.2) is 13.1 Å². The first-order valence-corrected chi connectivity index (χ1v) is 3.94. The van der Waals surface area contributed by atoms with Crippen molar-refractivity contribution in [3.63, 3.8) is 0 Å². The van der Waals surface area contributed by atoms with Crippen LogP contribution in [0.3, 0.4) is 0 Å². The van der Waals surface area contributed by atoms with E-state index in [1.807, 2.05) is 0 Å². The summed E-state index contributed by atoms with van der Waals surface area (Å²) >= 11 is 0. The molecule has 3 N–H and O–H groups in total. The highest BCUT2D eigenvalue weighted by molar-refractivity contribution is 7.94. The number of hydrogen-bond acceptors (Lipinski definition) is 4. The zero-order chi connectivity index (χ0) is 7.78. The third-order valence-electron chi connectivity index (χ3n) is 1.11. The van der Waals surface area contributed by atoms with Crippen LogP contribution in [0.2, 0.25) is 0 Å². The van der Waals surface area contributed by atoms with Gasteiger partial charge >= 0.3 is 0 Å². The van der Waals surface area contributed by atoms with E-state index in [1.165, 1.54) is 6.07 Å². The standard InChI is InChI=1S/C4H5N3O2S/c5-1-4-3(6)2-7-10(4,8)9/h7H,2,6H2. The van der Waals surface area contributed by atoms with Gasteiger partial charge in [-0.2, -0.15) is 5.26 Å². The maximum Gasteiger partial charge on any atom is 0.252 e. The lowest BCUT2D eigenvalue weighted by atomic mass is 10.4. The van der Waals surface area contributed by atoms with Crippen molar-refractivity contribution in [1.82, 2.24) is 4.72 Å². The SMILES string of the molecule is N#CC1=C(N)CNS1(=O)=O. The molecule has 0 aromatic heterocycles. The van der Waals surface area contributed by atoms with Gasteiger partial charge in [-0.05, 0) is 0 Å². The van der Waals surface area contributed by atoms with E-state index in [-0.39, 0.29) is 17.1 Å². The maximum atomic E-state index is 10.7. The minimum atomic E-state index is -3.54. The number of rotatable bonds is 0. The summed E-state index contributed by atoms with van der Waals surface area (Å²) in [5, 5.41) is 8.27. The van der Waals surface area contributed by atoms with Crippen molar-refractivity contribution in [2.75, 3.05) is 6.54 Å². The Kier molecular flexibility index (Phi) is 1.39. The summed E-state index contributed by atoms with van der Waals surface area (Å²) in [5.74, 6) is 0. The third kappa shape index (κ3) is 0.853. The molecule has 0 atom stereocenters. The van der Waals surface area contributed by atoms with Gasteiger partial charge in [-0.1, -0.05) is 0 Å². The van der Waals surface area contributed by atoms with Crippen molar-refractivity contribution in [2.24, 2.45) is 5.73 Å². The van der Waals surface area contributed by atoms with Crippen molar-refractivity contribution in [3.05, 3.63) is 10.6 Å². The number of sulfonamides is 1. The number of hydrogen-bond donors (Lipinski definition) is 2. The molecule has 1 rings (SSSR count). The summed E-state index contributed by atoms with van der Waals surface area (Å²) in [6.45, 7) is 0.0469. The summed E-state index contributed by atoms with van der Waals surface area (Å²) in [4.78, 5) is -0.354. The van der Waals surface area contributed by atoms with Gasteiger partial charge in [0.1, 0.15) is 6.07 Å². The molecule has 0 saturated heterocycles. The van der Waals surface area contributed by atoms with Crippen LogP contribution < -0.4 is 10.5 Å². The molecule has 0 aromatic rings. The lowest BCUT2D eigenvalue weighted by molar-refractivity contribution is 0.596. The van der Waals surface area contributed by atoms with E-state index >= 15 is 0 Å². The predicted molar refractivity (Wildman–Crippen MR) is 33.7 cm³/mol. The Labute approximate surface area is 58.2 Å². The zero-order valence-electron chi connectivity index (χ0n) is 4.96. The zero-order valence-corrected chi connectivity index (χ0v) is 5.77. The molecule has 1 heterocycles. The quantitative estimate of drug-likeness (QED) is 0.455. The molecule has 1 aliphatic rings. The monoisotopic (exact) mass is 159 g/mol. The number of allylic oxidation sites excluding steroid dienone is 1. The van der Waals surface area contributed by atoms with Crippen LogP contribution in [-0.4, -0.2) is 15.0 Å². The maximum absolute atomic E-state index is 10.7. The third-order valence-corrected chi connectivity index (χ3v) is 2.53. The molecule has 10 heavy (non-hydrogen) atoms. The van der Waals surface area contributed by atoms with E-state index in [0.29, 0.717) is 0 Å². The normalized spacial score (nSPS) is 22.7. The van der Waals surface area contributed by atoms with Crippen LogP contribution in [0.5, 0.6) is 0 Å². The largest absolute Gasteiger partial charge is 0.399 e. The first-order chi connectivity index (χ1) is 4.58. The second-order valence-corrected chi connectivity index (χ2v) is 3.49. The van der Waals surface area contributed by atoms with Crippen LogP contribution in [0.25, 0.3) is 0 Å². The average Bonchev–Trinajstić information content (AvgIpc) is 2.07. The highest BCUT2D eigenvalue weighted by atomic mass is 32.2. The molecular weight excluding hydrogens is 154 g/mol. The number of nitrogens with two attached hydrogens (primary N) is 1. The fourth-order valence-corrected chi connectivity index (χ4v) is 1.66. The van der Waals surface area contributed by atoms with E-state index in [2.05, 4.69) is 4.72 Å². The van der Waals surface area contributed by atoms with Crippen LogP contribution in [0.1, 0.15) is 0 Å². The molecule has 0 unspecified atom stereocenters. The molecule has 5 nitrogen and oxygen atoms in total. The summed E-state index contributed by atoms with van der Waals surface area (Å²) in [6, 6.07) is 1.51. The molecule has 0 saturated carbocycles. The van der Waals surface area contributed by atoms with Gasteiger partial charge in [-0.3, -0.25) is 0 Å². The van der Waals surface area contributed by atoms with Gasteiger partial charge in [0.05, 0.1) is 12.2 Å². The van der Waals surface area contributed by atoms with E-state index in [1.54, 1.807) is 0 Å². The van der Waals surface area contributed by atoms with Crippen molar-refractivity contribution >= 4 is 10.0 Å². The Morgan fingerprint density at radius 1 is 1.70 bits per heavy atom. The predicted octanol–water partition coefficient (Wildman–Crippen LogP) is -1.39. The molecule has 1 aliphatic heterocycles. The Hall–Kier alpha value is -1.06. The average molecular weight is 159 g/mol. The molecule has 0 radical (unpaired) electrons. The Balaban J connectivity index is 3.28. The second-order valence-electron chi connectivity index (χ2n) is 1.79. The summed E-state index contributed by atoms with van der Waals surface area (Å²) in [6.07, 6.45) is 0. The highest BCUT2D eigenvalue weighted by Gasteiger charge is 2.26. The lowest BCUT2D eigenvalue weighted by Gasteiger charge is -1.88. The fourth-order valence-electron chi connectivity index (χ4n) is 0.630. The highest BCUT2D eigenvalue weighted by Crippen LogP contribution is 2.11. The molecule has 0 bridgehead atoms. The lowest BCUT2D eigenvalue weighted by Crippen LogP contribution is -2.18. The van der Waals surface area contributed by atoms with Crippen LogP contribution in [0, 0.1) is 11.3 Å². The molecular formula is C4H5N3O2S. The van der Waals surface area contributed by atoms with Crippen LogP contribution in [0.4, 0.5) is 0 Å². The molecule has 0 spiro atoms. The van der Waals surface area contributed by atoms with Gasteiger partial charge in [0.15, 0.2) is 4.91 Å². The van der Waals surface area contributed by atoms with Gasteiger partial charge in [0, 0.05) is 0 Å². The topological polar surface area (TPSA) is 96.0 Å². The van der Waals surface area contributed by atoms with E-state index in [9.17, 15) is 8.42 Å². The van der Waals surface area contributed by atoms with Crippen molar-refractivity contribution < 1.29 is 8.42 Å². The minimum Gasteiger partial charge on any atom is -0.399 e. The number of nitrogens with zero attached hydrogens (tertiary/aromatic N) is 1. The molecule has 0 aliphatic carbocycles. The van der Waals surface area contributed by atoms with Gasteiger partial charge < -0.3 is 5.73 Å². The molecule has 6 heteroatoms. The molecule has 0 aromatic carbocycles. The Morgan fingerprint density at radius 3 is 2.50 bits per heavy atom. The van der Waals surface area contributed by atoms with E-state index < -0.39 is 10.0 Å².